The summed E-state index contributed by atoms with van der Waals surface area (Å²) in [6.45, 7) is -0.667. The van der Waals surface area contributed by atoms with Gasteiger partial charge in [-0.05, 0) is 59.6 Å². The van der Waals surface area contributed by atoms with Crippen molar-refractivity contribution in [1.82, 2.24) is 4.98 Å². The maximum Gasteiger partial charge on any atom is 0.337 e. The van der Waals surface area contributed by atoms with Crippen LogP contribution in [-0.2, 0) is 22.4 Å². The van der Waals surface area contributed by atoms with Crippen molar-refractivity contribution in [3.8, 4) is 5.75 Å². The number of benzene rings is 2. The third kappa shape index (κ3) is 4.55. The van der Waals surface area contributed by atoms with Crippen molar-refractivity contribution in [3.05, 3.63) is 95.3 Å². The summed E-state index contributed by atoms with van der Waals surface area (Å²) in [6.07, 6.45) is 5.57. The monoisotopic (exact) mass is 430 g/mol. The first-order valence-electron chi connectivity index (χ1n) is 10.7. The van der Waals surface area contributed by atoms with Gasteiger partial charge in [-0.15, -0.1) is 0 Å². The molecule has 6 heteroatoms. The number of ether oxygens (including phenoxy) is 1. The van der Waals surface area contributed by atoms with Crippen LogP contribution in [0.25, 0.3) is 0 Å². The summed E-state index contributed by atoms with van der Waals surface area (Å²) in [4.78, 5) is 28.7. The van der Waals surface area contributed by atoms with Gasteiger partial charge in [0.05, 0.1) is 5.92 Å². The van der Waals surface area contributed by atoms with Crippen LogP contribution in [0.2, 0.25) is 0 Å². The Kier molecular flexibility index (Phi) is 6.61. The third-order valence-electron chi connectivity index (χ3n) is 6.23. The maximum absolute atomic E-state index is 12.9. The SMILES string of the molecule is NC(=O)C(C1CCc2c(cccc2OC(=O)CO)C1)C(c1ccccc1)c1cccnc1. The van der Waals surface area contributed by atoms with Gasteiger partial charge in [-0.25, -0.2) is 4.79 Å². The summed E-state index contributed by atoms with van der Waals surface area (Å²) in [5.41, 5.74) is 9.99. The number of nitrogens with zero attached hydrogens (tertiary/aromatic N) is 1. The van der Waals surface area contributed by atoms with Gasteiger partial charge in [-0.1, -0.05) is 48.5 Å². The zero-order valence-corrected chi connectivity index (χ0v) is 17.7. The van der Waals surface area contributed by atoms with E-state index in [1.807, 2.05) is 54.6 Å². The predicted octanol–water partition coefficient (Wildman–Crippen LogP) is 3.02. The molecule has 1 aliphatic rings. The van der Waals surface area contributed by atoms with Crippen LogP contribution in [0.3, 0.4) is 0 Å². The maximum atomic E-state index is 12.9. The molecule has 0 fully saturated rings. The number of hydrogen-bond donors (Lipinski definition) is 2. The molecule has 3 N–H and O–H groups in total. The standard InChI is InChI=1S/C26H26N2O4/c27-26(31)25(24(17-6-2-1-3-7-17)20-9-5-13-28-15-20)19-11-12-21-18(14-19)8-4-10-22(21)32-23(30)16-29/h1-10,13,15,19,24-25,29H,11-12,14,16H2,(H2,27,31). The zero-order valence-electron chi connectivity index (χ0n) is 17.7. The Hall–Kier alpha value is -3.51. The van der Waals surface area contributed by atoms with Crippen molar-refractivity contribution in [3.63, 3.8) is 0 Å². The van der Waals surface area contributed by atoms with E-state index in [1.54, 1.807) is 18.5 Å². The zero-order chi connectivity index (χ0) is 22.5. The van der Waals surface area contributed by atoms with E-state index in [1.165, 1.54) is 0 Å². The number of rotatable bonds is 7. The Morgan fingerprint density at radius 2 is 1.84 bits per heavy atom. The molecule has 1 amide bonds. The smallest absolute Gasteiger partial charge is 0.337 e. The molecule has 3 unspecified atom stereocenters. The van der Waals surface area contributed by atoms with Crippen LogP contribution >= 0.6 is 0 Å². The summed E-state index contributed by atoms with van der Waals surface area (Å²) in [5, 5.41) is 9.02. The first kappa shape index (κ1) is 21.7. The normalized spacial score (nSPS) is 17.1. The molecule has 0 bridgehead atoms. The highest BCUT2D eigenvalue weighted by Crippen LogP contribution is 2.42. The molecule has 1 aromatic heterocycles. The Labute approximate surface area is 187 Å². The summed E-state index contributed by atoms with van der Waals surface area (Å²) >= 11 is 0. The number of hydrogen-bond acceptors (Lipinski definition) is 5. The number of fused-ring (bicyclic) bond motifs is 1. The second kappa shape index (κ2) is 9.75. The number of esters is 1. The first-order valence-corrected chi connectivity index (χ1v) is 10.7. The van der Waals surface area contributed by atoms with Gasteiger partial charge in [0.25, 0.3) is 0 Å². The van der Waals surface area contributed by atoms with E-state index in [0.29, 0.717) is 18.6 Å². The fraction of sp³-hybridized carbons (Fsp3) is 0.269. The van der Waals surface area contributed by atoms with Gasteiger partial charge < -0.3 is 15.6 Å². The third-order valence-corrected chi connectivity index (χ3v) is 6.23. The van der Waals surface area contributed by atoms with Crippen molar-refractivity contribution in [2.24, 2.45) is 17.6 Å². The molecule has 0 aliphatic heterocycles. The van der Waals surface area contributed by atoms with Gasteiger partial charge in [0.15, 0.2) is 0 Å². The lowest BCUT2D eigenvalue weighted by atomic mass is 9.68. The Morgan fingerprint density at radius 1 is 1.06 bits per heavy atom. The minimum atomic E-state index is -0.684. The van der Waals surface area contributed by atoms with E-state index in [4.69, 9.17) is 15.6 Å². The molecule has 6 nitrogen and oxygen atoms in total. The number of aliphatic hydroxyl groups excluding tert-OH is 1. The molecular formula is C26H26N2O4. The highest BCUT2D eigenvalue weighted by Gasteiger charge is 2.38. The fourth-order valence-corrected chi connectivity index (χ4v) is 4.85. The topological polar surface area (TPSA) is 103 Å². The lowest BCUT2D eigenvalue weighted by Crippen LogP contribution is -2.38. The number of amides is 1. The average Bonchev–Trinajstić information content (AvgIpc) is 2.83. The van der Waals surface area contributed by atoms with E-state index in [0.717, 1.165) is 28.7 Å². The molecule has 1 aliphatic carbocycles. The molecule has 32 heavy (non-hydrogen) atoms. The minimum Gasteiger partial charge on any atom is -0.425 e. The van der Waals surface area contributed by atoms with Crippen molar-refractivity contribution >= 4 is 11.9 Å². The highest BCUT2D eigenvalue weighted by molar-refractivity contribution is 5.79. The number of aliphatic hydroxyl groups is 1. The Morgan fingerprint density at radius 3 is 2.53 bits per heavy atom. The van der Waals surface area contributed by atoms with Crippen LogP contribution in [0.4, 0.5) is 0 Å². The van der Waals surface area contributed by atoms with Gasteiger partial charge >= 0.3 is 5.97 Å². The summed E-state index contributed by atoms with van der Waals surface area (Å²) in [7, 11) is 0. The number of aromatic nitrogens is 1. The van der Waals surface area contributed by atoms with Crippen LogP contribution in [0.5, 0.6) is 5.75 Å². The number of primary amides is 1. The summed E-state index contributed by atoms with van der Waals surface area (Å²) in [5.74, 6) is -1.14. The molecule has 0 saturated carbocycles. The fourth-order valence-electron chi connectivity index (χ4n) is 4.85. The molecule has 0 spiro atoms. The van der Waals surface area contributed by atoms with Crippen LogP contribution < -0.4 is 10.5 Å². The minimum absolute atomic E-state index is 0.0224. The van der Waals surface area contributed by atoms with E-state index in [-0.39, 0.29) is 17.7 Å². The second-order valence-electron chi connectivity index (χ2n) is 8.13. The lowest BCUT2D eigenvalue weighted by Gasteiger charge is -2.35. The van der Waals surface area contributed by atoms with Gasteiger partial charge in [-0.3, -0.25) is 9.78 Å². The van der Waals surface area contributed by atoms with Gasteiger partial charge in [0.1, 0.15) is 12.4 Å². The second-order valence-corrected chi connectivity index (χ2v) is 8.13. The largest absolute Gasteiger partial charge is 0.425 e. The quantitative estimate of drug-likeness (QED) is 0.443. The highest BCUT2D eigenvalue weighted by atomic mass is 16.5. The molecule has 1 heterocycles. The number of nitrogens with two attached hydrogens (primary N) is 1. The number of carbonyl (C=O) groups excluding carboxylic acids is 2. The van der Waals surface area contributed by atoms with E-state index < -0.39 is 18.5 Å². The van der Waals surface area contributed by atoms with Crippen LogP contribution in [0.15, 0.2) is 73.1 Å². The lowest BCUT2D eigenvalue weighted by molar-refractivity contribution is -0.137. The van der Waals surface area contributed by atoms with E-state index in [2.05, 4.69) is 4.98 Å². The van der Waals surface area contributed by atoms with Crippen molar-refractivity contribution in [2.45, 2.75) is 25.2 Å². The molecule has 164 valence electrons. The van der Waals surface area contributed by atoms with Crippen LogP contribution in [-0.4, -0.2) is 28.6 Å². The van der Waals surface area contributed by atoms with Gasteiger partial charge in [0.2, 0.25) is 5.91 Å². The Balaban J connectivity index is 1.70. The van der Waals surface area contributed by atoms with Gasteiger partial charge in [0, 0.05) is 18.3 Å². The van der Waals surface area contributed by atoms with E-state index >= 15 is 0 Å². The molecule has 2 aromatic carbocycles. The molecule has 3 atom stereocenters. The van der Waals surface area contributed by atoms with Crippen molar-refractivity contribution in [1.29, 1.82) is 0 Å². The van der Waals surface area contributed by atoms with Crippen molar-refractivity contribution < 1.29 is 19.4 Å². The number of pyridine rings is 1. The Bertz CT molecular complexity index is 1050. The van der Waals surface area contributed by atoms with E-state index in [9.17, 15) is 9.59 Å². The van der Waals surface area contributed by atoms with Crippen LogP contribution in [0, 0.1) is 11.8 Å². The number of carbonyl (C=O) groups is 2. The summed E-state index contributed by atoms with van der Waals surface area (Å²) in [6, 6.07) is 19.4. The summed E-state index contributed by atoms with van der Waals surface area (Å²) < 4.78 is 5.30. The predicted molar refractivity (Wildman–Crippen MR) is 120 cm³/mol. The molecule has 3 aromatic rings. The van der Waals surface area contributed by atoms with Gasteiger partial charge in [-0.2, -0.15) is 0 Å². The molecule has 4 rings (SSSR count). The molecule has 0 radical (unpaired) electrons. The van der Waals surface area contributed by atoms with Crippen LogP contribution in [0.1, 0.15) is 34.6 Å². The average molecular weight is 431 g/mol. The molecular weight excluding hydrogens is 404 g/mol. The molecule has 0 saturated heterocycles. The van der Waals surface area contributed by atoms with Crippen molar-refractivity contribution in [2.75, 3.05) is 6.61 Å². The first-order chi connectivity index (χ1) is 15.6.